The van der Waals surface area contributed by atoms with Gasteiger partial charge in [0.25, 0.3) is 0 Å². The van der Waals surface area contributed by atoms with Crippen LogP contribution >= 0.6 is 12.6 Å². The van der Waals surface area contributed by atoms with Crippen molar-refractivity contribution >= 4 is 18.5 Å². The first-order chi connectivity index (χ1) is 4.70. The van der Waals surface area contributed by atoms with E-state index in [4.69, 9.17) is 5.73 Å². The van der Waals surface area contributed by atoms with E-state index < -0.39 is 5.91 Å². The molecule has 0 aliphatic rings. The van der Waals surface area contributed by atoms with Crippen LogP contribution in [0.1, 0.15) is 10.4 Å². The van der Waals surface area contributed by atoms with E-state index in [1.54, 1.807) is 24.3 Å². The van der Waals surface area contributed by atoms with E-state index in [0.717, 1.165) is 4.90 Å². The van der Waals surface area contributed by atoms with Gasteiger partial charge in [-0.3, -0.25) is 4.79 Å². The molecule has 2 nitrogen and oxygen atoms in total. The Balaban J connectivity index is 0.000001000. The molecule has 0 bridgehead atoms. The van der Waals surface area contributed by atoms with Crippen LogP contribution in [0.3, 0.4) is 0 Å². The maximum absolute atomic E-state index is 10.5. The number of carbonyl (C=O) groups is 1. The van der Waals surface area contributed by atoms with Crippen molar-refractivity contribution in [2.45, 2.75) is 4.90 Å². The second-order valence-corrected chi connectivity index (χ2v) is 2.43. The molecule has 0 heterocycles. The van der Waals surface area contributed by atoms with Crippen molar-refractivity contribution in [3.8, 4) is 0 Å². The Kier molecular flexibility index (Phi) is 4.38. The molecule has 0 atom stereocenters. The number of nitrogens with two attached hydrogens (primary N) is 1. The summed E-state index contributed by atoms with van der Waals surface area (Å²) in [6.07, 6.45) is 0. The number of hydrogen-bond donors (Lipinski definition) is 2. The Hall–Kier alpha value is -0.337. The third-order valence-electron chi connectivity index (χ3n) is 1.15. The summed E-state index contributed by atoms with van der Waals surface area (Å²) >= 11 is 4.05. The summed E-state index contributed by atoms with van der Waals surface area (Å²) in [6.45, 7) is 0. The van der Waals surface area contributed by atoms with Gasteiger partial charge in [0.1, 0.15) is 0 Å². The maximum Gasteiger partial charge on any atom is 2.00 e. The largest absolute Gasteiger partial charge is 2.00 e. The van der Waals surface area contributed by atoms with Crippen molar-refractivity contribution < 1.29 is 24.3 Å². The summed E-state index contributed by atoms with van der Waals surface area (Å²) in [5.41, 5.74) is 5.51. The molecule has 0 unspecified atom stereocenters. The monoisotopic (exact) mass is 217 g/mol. The molecule has 0 saturated heterocycles. The van der Waals surface area contributed by atoms with Gasteiger partial charge in [0.05, 0.1) is 0 Å². The van der Waals surface area contributed by atoms with Crippen molar-refractivity contribution in [1.82, 2.24) is 0 Å². The molecule has 0 fully saturated rings. The summed E-state index contributed by atoms with van der Waals surface area (Å²) in [6, 6.07) is 6.74. The minimum atomic E-state index is -0.409. The fourth-order valence-electron chi connectivity index (χ4n) is 0.626. The molecule has 0 radical (unpaired) electrons. The fourth-order valence-corrected chi connectivity index (χ4v) is 0.775. The van der Waals surface area contributed by atoms with Crippen LogP contribution < -0.4 is 5.73 Å². The molecule has 4 heteroatoms. The van der Waals surface area contributed by atoms with Gasteiger partial charge in [0, 0.05) is 10.5 Å². The van der Waals surface area contributed by atoms with Crippen molar-refractivity contribution in [2.24, 2.45) is 5.73 Å². The number of rotatable bonds is 1. The first-order valence-corrected chi connectivity index (χ1v) is 3.23. The molecular formula is C7H7NOSZn+2. The fraction of sp³-hybridized carbons (Fsp3) is 0. The van der Waals surface area contributed by atoms with Gasteiger partial charge in [0.15, 0.2) is 0 Å². The molecular weight excluding hydrogens is 212 g/mol. The van der Waals surface area contributed by atoms with Crippen LogP contribution in [0.15, 0.2) is 29.2 Å². The predicted molar refractivity (Wildman–Crippen MR) is 42.2 cm³/mol. The molecule has 1 rings (SSSR count). The first-order valence-electron chi connectivity index (χ1n) is 2.79. The van der Waals surface area contributed by atoms with E-state index in [-0.39, 0.29) is 19.5 Å². The number of hydrogen-bond acceptors (Lipinski definition) is 2. The molecule has 0 spiro atoms. The maximum atomic E-state index is 10.5. The Bertz CT molecular complexity index is 247. The van der Waals surface area contributed by atoms with Crippen LogP contribution in [-0.2, 0) is 19.5 Å². The molecule has 52 valence electrons. The average Bonchev–Trinajstić information content (AvgIpc) is 1.88. The second kappa shape index (κ2) is 4.52. The van der Waals surface area contributed by atoms with E-state index in [1.807, 2.05) is 0 Å². The van der Waals surface area contributed by atoms with Crippen LogP contribution in [0, 0.1) is 0 Å². The minimum Gasteiger partial charge on any atom is -0.366 e. The predicted octanol–water partition coefficient (Wildman–Crippen LogP) is 1.07. The van der Waals surface area contributed by atoms with Gasteiger partial charge in [-0.05, 0) is 24.3 Å². The summed E-state index contributed by atoms with van der Waals surface area (Å²) < 4.78 is 0. The Morgan fingerprint density at radius 3 is 2.09 bits per heavy atom. The zero-order valence-electron chi connectivity index (χ0n) is 5.95. The zero-order valence-corrected chi connectivity index (χ0v) is 9.81. The number of primary amides is 1. The summed E-state index contributed by atoms with van der Waals surface area (Å²) in [5, 5.41) is 0. The summed E-state index contributed by atoms with van der Waals surface area (Å²) in [5.74, 6) is -0.409. The standard InChI is InChI=1S/C7H7NOS.Zn/c8-7(9)5-1-3-6(10)4-2-5;/h1-4,10H,(H2,8,9);/q;+2. The minimum absolute atomic E-state index is 0. The molecule has 1 aromatic rings. The van der Waals surface area contributed by atoms with Crippen LogP contribution in [0.4, 0.5) is 0 Å². The van der Waals surface area contributed by atoms with Crippen molar-refractivity contribution in [2.75, 3.05) is 0 Å². The number of benzene rings is 1. The third kappa shape index (κ3) is 3.04. The van der Waals surface area contributed by atoms with Crippen molar-refractivity contribution in [1.29, 1.82) is 0 Å². The zero-order chi connectivity index (χ0) is 7.56. The number of thiol groups is 1. The quantitative estimate of drug-likeness (QED) is 0.538. The van der Waals surface area contributed by atoms with E-state index in [9.17, 15) is 4.79 Å². The van der Waals surface area contributed by atoms with Gasteiger partial charge in [-0.25, -0.2) is 0 Å². The molecule has 1 amide bonds. The van der Waals surface area contributed by atoms with Crippen LogP contribution in [-0.4, -0.2) is 5.91 Å². The molecule has 0 aliphatic carbocycles. The molecule has 1 aromatic carbocycles. The first kappa shape index (κ1) is 10.7. The Labute approximate surface area is 83.3 Å². The molecule has 0 aromatic heterocycles. The van der Waals surface area contributed by atoms with Gasteiger partial charge < -0.3 is 5.73 Å². The Morgan fingerprint density at radius 1 is 1.27 bits per heavy atom. The Morgan fingerprint density at radius 2 is 1.73 bits per heavy atom. The van der Waals surface area contributed by atoms with Gasteiger partial charge >= 0.3 is 19.5 Å². The van der Waals surface area contributed by atoms with Gasteiger partial charge in [-0.2, -0.15) is 0 Å². The van der Waals surface area contributed by atoms with Crippen LogP contribution in [0.25, 0.3) is 0 Å². The summed E-state index contributed by atoms with van der Waals surface area (Å²) in [4.78, 5) is 11.3. The van der Waals surface area contributed by atoms with Gasteiger partial charge in [0.2, 0.25) is 5.91 Å². The molecule has 11 heavy (non-hydrogen) atoms. The number of carbonyl (C=O) groups excluding carboxylic acids is 1. The average molecular weight is 219 g/mol. The molecule has 2 N–H and O–H groups in total. The normalized spacial score (nSPS) is 8.45. The van der Waals surface area contributed by atoms with E-state index in [1.165, 1.54) is 0 Å². The van der Waals surface area contributed by atoms with Crippen LogP contribution in [0.5, 0.6) is 0 Å². The number of amides is 1. The smallest absolute Gasteiger partial charge is 0.366 e. The van der Waals surface area contributed by atoms with E-state index in [0.29, 0.717) is 5.56 Å². The second-order valence-electron chi connectivity index (χ2n) is 1.91. The van der Waals surface area contributed by atoms with E-state index >= 15 is 0 Å². The molecule has 0 aliphatic heterocycles. The van der Waals surface area contributed by atoms with Crippen molar-refractivity contribution in [3.63, 3.8) is 0 Å². The van der Waals surface area contributed by atoms with Gasteiger partial charge in [-0.1, -0.05) is 0 Å². The van der Waals surface area contributed by atoms with Crippen molar-refractivity contribution in [3.05, 3.63) is 29.8 Å². The third-order valence-corrected chi connectivity index (χ3v) is 1.45. The summed E-state index contributed by atoms with van der Waals surface area (Å²) in [7, 11) is 0. The SMILES string of the molecule is NC(=O)c1ccc(S)cc1.[Zn+2]. The topological polar surface area (TPSA) is 43.1 Å². The van der Waals surface area contributed by atoms with Gasteiger partial charge in [-0.15, -0.1) is 12.6 Å². The van der Waals surface area contributed by atoms with Crippen LogP contribution in [0.2, 0.25) is 0 Å². The molecule has 0 saturated carbocycles. The van der Waals surface area contributed by atoms with E-state index in [2.05, 4.69) is 12.6 Å².